The third-order valence-electron chi connectivity index (χ3n) is 4.30. The van der Waals surface area contributed by atoms with Crippen LogP contribution in [-0.2, 0) is 0 Å². The quantitative estimate of drug-likeness (QED) is 0.293. The SMILES string of the molecule is CCCCCNC(=NC)NCC(C)N1CCC(C)CC1.I. The van der Waals surface area contributed by atoms with Crippen LogP contribution in [0.5, 0.6) is 0 Å². The van der Waals surface area contributed by atoms with Crippen LogP contribution < -0.4 is 10.6 Å². The number of nitrogens with one attached hydrogen (secondary N) is 2. The van der Waals surface area contributed by atoms with E-state index in [4.69, 9.17) is 0 Å². The van der Waals surface area contributed by atoms with Gasteiger partial charge in [0.2, 0.25) is 0 Å². The standard InChI is InChI=1S/C16H34N4.HI/c1-5-6-7-10-18-16(17-4)19-13-15(3)20-11-8-14(2)9-12-20;/h14-15H,5-13H2,1-4H3,(H2,17,18,19);1H. The second-order valence-corrected chi connectivity index (χ2v) is 6.15. The molecule has 1 heterocycles. The molecule has 0 aromatic rings. The molecule has 1 aliphatic rings. The van der Waals surface area contributed by atoms with Crippen molar-refractivity contribution in [1.82, 2.24) is 15.5 Å². The van der Waals surface area contributed by atoms with Gasteiger partial charge in [-0.2, -0.15) is 0 Å². The maximum absolute atomic E-state index is 4.29. The molecule has 1 unspecified atom stereocenters. The maximum atomic E-state index is 4.29. The molecule has 1 fully saturated rings. The van der Waals surface area contributed by atoms with Gasteiger partial charge in [-0.25, -0.2) is 0 Å². The Kier molecular flexibility index (Phi) is 12.5. The number of likely N-dealkylation sites (tertiary alicyclic amines) is 1. The first kappa shape index (κ1) is 21.0. The Balaban J connectivity index is 0.00000400. The third kappa shape index (κ3) is 8.86. The number of halogens is 1. The molecule has 0 radical (unpaired) electrons. The normalized spacial score (nSPS) is 19.0. The first-order valence-corrected chi connectivity index (χ1v) is 8.36. The minimum Gasteiger partial charge on any atom is -0.356 e. The lowest BCUT2D eigenvalue weighted by Crippen LogP contribution is -2.48. The molecule has 0 bridgehead atoms. The Hall–Kier alpha value is -0.0400. The summed E-state index contributed by atoms with van der Waals surface area (Å²) in [5.41, 5.74) is 0. The average molecular weight is 410 g/mol. The van der Waals surface area contributed by atoms with Crippen molar-refractivity contribution in [1.29, 1.82) is 0 Å². The van der Waals surface area contributed by atoms with Gasteiger partial charge in [0.25, 0.3) is 0 Å². The smallest absolute Gasteiger partial charge is 0.191 e. The predicted octanol–water partition coefficient (Wildman–Crippen LogP) is 3.08. The lowest BCUT2D eigenvalue weighted by Gasteiger charge is -2.35. The van der Waals surface area contributed by atoms with Gasteiger partial charge < -0.3 is 10.6 Å². The summed E-state index contributed by atoms with van der Waals surface area (Å²) in [6, 6.07) is 0.580. The highest BCUT2D eigenvalue weighted by Gasteiger charge is 2.20. The number of unbranched alkanes of at least 4 members (excludes halogenated alkanes) is 2. The van der Waals surface area contributed by atoms with Crippen molar-refractivity contribution in [2.45, 2.75) is 58.9 Å². The molecule has 0 saturated carbocycles. The van der Waals surface area contributed by atoms with Gasteiger partial charge in [-0.15, -0.1) is 24.0 Å². The Morgan fingerprint density at radius 2 is 1.90 bits per heavy atom. The molecule has 1 atom stereocenters. The van der Waals surface area contributed by atoms with E-state index >= 15 is 0 Å². The molecule has 0 spiro atoms. The highest BCUT2D eigenvalue weighted by Crippen LogP contribution is 2.17. The van der Waals surface area contributed by atoms with Crippen molar-refractivity contribution in [3.63, 3.8) is 0 Å². The molecule has 2 N–H and O–H groups in total. The zero-order valence-corrected chi connectivity index (χ0v) is 16.7. The molecular weight excluding hydrogens is 375 g/mol. The van der Waals surface area contributed by atoms with E-state index in [1.165, 1.54) is 45.2 Å². The van der Waals surface area contributed by atoms with Crippen LogP contribution in [0.3, 0.4) is 0 Å². The topological polar surface area (TPSA) is 39.7 Å². The van der Waals surface area contributed by atoms with Crippen LogP contribution >= 0.6 is 24.0 Å². The van der Waals surface area contributed by atoms with E-state index in [-0.39, 0.29) is 24.0 Å². The fourth-order valence-electron chi connectivity index (χ4n) is 2.65. The maximum Gasteiger partial charge on any atom is 0.191 e. The minimum atomic E-state index is 0. The van der Waals surface area contributed by atoms with Crippen LogP contribution in [-0.4, -0.2) is 50.1 Å². The molecule has 0 aromatic heterocycles. The van der Waals surface area contributed by atoms with Gasteiger partial charge in [0.15, 0.2) is 5.96 Å². The van der Waals surface area contributed by atoms with Crippen LogP contribution in [0.15, 0.2) is 4.99 Å². The van der Waals surface area contributed by atoms with Gasteiger partial charge in [0, 0.05) is 26.2 Å². The molecule has 0 aliphatic carbocycles. The van der Waals surface area contributed by atoms with Gasteiger partial charge in [-0.3, -0.25) is 9.89 Å². The van der Waals surface area contributed by atoms with Gasteiger partial charge >= 0.3 is 0 Å². The van der Waals surface area contributed by atoms with Crippen molar-refractivity contribution in [2.75, 3.05) is 33.2 Å². The molecule has 0 amide bonds. The zero-order valence-electron chi connectivity index (χ0n) is 14.3. The highest BCUT2D eigenvalue weighted by molar-refractivity contribution is 14.0. The van der Waals surface area contributed by atoms with E-state index in [1.54, 1.807) is 0 Å². The fraction of sp³-hybridized carbons (Fsp3) is 0.938. The summed E-state index contributed by atoms with van der Waals surface area (Å²) in [7, 11) is 1.85. The monoisotopic (exact) mass is 410 g/mol. The molecular formula is C16H35IN4. The molecule has 4 nitrogen and oxygen atoms in total. The lowest BCUT2D eigenvalue weighted by atomic mass is 9.98. The van der Waals surface area contributed by atoms with E-state index in [2.05, 4.69) is 41.3 Å². The van der Waals surface area contributed by atoms with E-state index in [0.717, 1.165) is 25.0 Å². The van der Waals surface area contributed by atoms with E-state index < -0.39 is 0 Å². The van der Waals surface area contributed by atoms with E-state index in [1.807, 2.05) is 7.05 Å². The number of aliphatic imine (C=N–C) groups is 1. The van der Waals surface area contributed by atoms with Crippen LogP contribution in [0.1, 0.15) is 52.9 Å². The molecule has 5 heteroatoms. The first-order chi connectivity index (χ1) is 9.67. The molecule has 126 valence electrons. The summed E-state index contributed by atoms with van der Waals surface area (Å²) < 4.78 is 0. The second-order valence-electron chi connectivity index (χ2n) is 6.15. The van der Waals surface area contributed by atoms with Gasteiger partial charge in [0.1, 0.15) is 0 Å². The third-order valence-corrected chi connectivity index (χ3v) is 4.30. The summed E-state index contributed by atoms with van der Waals surface area (Å²) in [6.07, 6.45) is 6.45. The number of hydrogen-bond donors (Lipinski definition) is 2. The van der Waals surface area contributed by atoms with Crippen LogP contribution in [0, 0.1) is 5.92 Å². The number of hydrogen-bond acceptors (Lipinski definition) is 2. The van der Waals surface area contributed by atoms with Crippen molar-refractivity contribution >= 4 is 29.9 Å². The van der Waals surface area contributed by atoms with Crippen molar-refractivity contribution in [3.05, 3.63) is 0 Å². The summed E-state index contributed by atoms with van der Waals surface area (Å²) in [5.74, 6) is 1.85. The molecule has 0 aromatic carbocycles. The Morgan fingerprint density at radius 1 is 1.24 bits per heavy atom. The average Bonchev–Trinajstić information content (AvgIpc) is 2.47. The van der Waals surface area contributed by atoms with Crippen molar-refractivity contribution in [2.24, 2.45) is 10.9 Å². The highest BCUT2D eigenvalue weighted by atomic mass is 127. The van der Waals surface area contributed by atoms with Crippen LogP contribution in [0.2, 0.25) is 0 Å². The molecule has 1 aliphatic heterocycles. The number of guanidine groups is 1. The molecule has 1 saturated heterocycles. The van der Waals surface area contributed by atoms with Crippen LogP contribution in [0.25, 0.3) is 0 Å². The van der Waals surface area contributed by atoms with Crippen LogP contribution in [0.4, 0.5) is 0 Å². The Bertz CT molecular complexity index is 275. The van der Waals surface area contributed by atoms with E-state index in [9.17, 15) is 0 Å². The lowest BCUT2D eigenvalue weighted by molar-refractivity contribution is 0.147. The first-order valence-electron chi connectivity index (χ1n) is 8.36. The predicted molar refractivity (Wildman–Crippen MR) is 104 cm³/mol. The minimum absolute atomic E-state index is 0. The number of piperidine rings is 1. The van der Waals surface area contributed by atoms with Gasteiger partial charge in [-0.1, -0.05) is 26.7 Å². The van der Waals surface area contributed by atoms with Crippen molar-refractivity contribution in [3.8, 4) is 0 Å². The fourth-order valence-corrected chi connectivity index (χ4v) is 2.65. The van der Waals surface area contributed by atoms with Gasteiger partial charge in [0.05, 0.1) is 0 Å². The van der Waals surface area contributed by atoms with Crippen molar-refractivity contribution < 1.29 is 0 Å². The summed E-state index contributed by atoms with van der Waals surface area (Å²) >= 11 is 0. The summed E-state index contributed by atoms with van der Waals surface area (Å²) in [4.78, 5) is 6.89. The largest absolute Gasteiger partial charge is 0.356 e. The number of nitrogens with zero attached hydrogens (tertiary/aromatic N) is 2. The Labute approximate surface area is 148 Å². The summed E-state index contributed by atoms with van der Waals surface area (Å²) in [5, 5.41) is 6.84. The van der Waals surface area contributed by atoms with Gasteiger partial charge in [-0.05, 0) is 45.2 Å². The van der Waals surface area contributed by atoms with E-state index in [0.29, 0.717) is 6.04 Å². The molecule has 21 heavy (non-hydrogen) atoms. The zero-order chi connectivity index (χ0) is 14.8. The number of rotatable bonds is 7. The second kappa shape index (κ2) is 12.5. The summed E-state index contributed by atoms with van der Waals surface area (Å²) in [6.45, 7) is 11.4. The Morgan fingerprint density at radius 3 is 2.48 bits per heavy atom. The molecule has 1 rings (SSSR count).